The van der Waals surface area contributed by atoms with E-state index in [1.165, 1.54) is 0 Å². The van der Waals surface area contributed by atoms with Crippen LogP contribution in [-0.4, -0.2) is 15.0 Å². The van der Waals surface area contributed by atoms with Gasteiger partial charge in [-0.2, -0.15) is 0 Å². The number of aromatic nitrogens is 3. The van der Waals surface area contributed by atoms with E-state index in [9.17, 15) is 0 Å². The van der Waals surface area contributed by atoms with Gasteiger partial charge in [-0.15, -0.1) is 11.3 Å². The zero-order valence-corrected chi connectivity index (χ0v) is 18.1. The first-order valence-electron chi connectivity index (χ1n) is 12.3. The Morgan fingerprint density at radius 2 is 1.41 bits per heavy atom. The highest BCUT2D eigenvalue weighted by Gasteiger charge is 2.16. The first kappa shape index (κ1) is 14.5. The molecule has 0 fully saturated rings. The van der Waals surface area contributed by atoms with E-state index in [4.69, 9.17) is 23.4 Å². The van der Waals surface area contributed by atoms with Gasteiger partial charge < -0.3 is 0 Å². The minimum atomic E-state index is -0.474. The van der Waals surface area contributed by atoms with E-state index in [2.05, 4.69) is 16.0 Å². The smallest absolute Gasteiger partial charge is 0.164 e. The van der Waals surface area contributed by atoms with Crippen molar-refractivity contribution in [1.82, 2.24) is 15.0 Å². The lowest BCUT2D eigenvalue weighted by Crippen LogP contribution is -2.00. The molecular weight excluding hydrogens is 434 g/mol. The molecule has 4 aromatic carbocycles. The largest absolute Gasteiger partial charge is 0.208 e. The normalized spacial score (nSPS) is 13.5. The third-order valence-electron chi connectivity index (χ3n) is 5.09. The number of thiophene rings is 1. The molecule has 0 aliphatic rings. The lowest BCUT2D eigenvalue weighted by molar-refractivity contribution is 1.08. The summed E-state index contributed by atoms with van der Waals surface area (Å²) in [5.41, 5.74) is 1.29. The zero-order valence-electron chi connectivity index (χ0n) is 21.5. The van der Waals surface area contributed by atoms with Crippen molar-refractivity contribution in [2.24, 2.45) is 0 Å². The Hall–Kier alpha value is -3.60. The third kappa shape index (κ3) is 3.34. The summed E-state index contributed by atoms with van der Waals surface area (Å²) in [7, 11) is 0. The molecule has 0 radical (unpaired) electrons. The Bertz CT molecular complexity index is 1840. The Labute approximate surface area is 201 Å². The molecule has 2 aromatic heterocycles. The molecule has 0 unspecified atom stereocenters. The van der Waals surface area contributed by atoms with Crippen LogP contribution in [0, 0.1) is 0 Å². The van der Waals surface area contributed by atoms with Crippen molar-refractivity contribution in [2.75, 3.05) is 0 Å². The number of hydrogen-bond donors (Lipinski definition) is 0. The van der Waals surface area contributed by atoms with Crippen molar-refractivity contribution in [1.29, 1.82) is 0 Å². The summed E-state index contributed by atoms with van der Waals surface area (Å²) in [6.07, 6.45) is 0. The Balaban J connectivity index is 1.70. The van der Waals surface area contributed by atoms with Crippen LogP contribution in [0.2, 0.25) is 5.02 Å². The van der Waals surface area contributed by atoms with Gasteiger partial charge in [-0.1, -0.05) is 84.3 Å². The van der Waals surface area contributed by atoms with E-state index in [0.717, 1.165) is 25.7 Å². The Morgan fingerprint density at radius 3 is 2.25 bits per heavy atom. The fraction of sp³-hybridized carbons (Fsp3) is 0. The Morgan fingerprint density at radius 1 is 0.688 bits per heavy atom. The molecule has 0 amide bonds. The molecule has 0 aliphatic carbocycles. The van der Waals surface area contributed by atoms with Crippen molar-refractivity contribution < 1.29 is 6.85 Å². The maximum Gasteiger partial charge on any atom is 0.164 e. The predicted molar refractivity (Wildman–Crippen MR) is 134 cm³/mol. The molecule has 6 aromatic rings. The number of halogens is 1. The summed E-state index contributed by atoms with van der Waals surface area (Å²) in [5, 5.41) is 2.54. The van der Waals surface area contributed by atoms with E-state index in [0.29, 0.717) is 16.4 Å². The minimum absolute atomic E-state index is 0.00601. The second-order valence-electron chi connectivity index (χ2n) is 7.09. The molecule has 152 valence electrons. The van der Waals surface area contributed by atoms with Gasteiger partial charge in [-0.3, -0.25) is 0 Å². The molecule has 0 aliphatic heterocycles. The average molecular weight is 455 g/mol. The van der Waals surface area contributed by atoms with E-state index in [-0.39, 0.29) is 29.3 Å². The quantitative estimate of drug-likeness (QED) is 0.273. The van der Waals surface area contributed by atoms with Gasteiger partial charge in [0.25, 0.3) is 0 Å². The average Bonchev–Trinajstić information content (AvgIpc) is 3.30. The van der Waals surface area contributed by atoms with Gasteiger partial charge in [0, 0.05) is 41.9 Å². The van der Waals surface area contributed by atoms with Crippen molar-refractivity contribution in [2.45, 2.75) is 0 Å². The van der Waals surface area contributed by atoms with Crippen LogP contribution in [0.1, 0.15) is 6.85 Å². The van der Waals surface area contributed by atoms with Crippen LogP contribution >= 0.6 is 22.9 Å². The van der Waals surface area contributed by atoms with Crippen LogP contribution in [0.4, 0.5) is 0 Å². The topological polar surface area (TPSA) is 38.7 Å². The van der Waals surface area contributed by atoms with Crippen molar-refractivity contribution in [3.8, 4) is 34.2 Å². The van der Waals surface area contributed by atoms with Crippen LogP contribution in [0.15, 0.2) is 96.9 Å². The molecule has 3 nitrogen and oxygen atoms in total. The fourth-order valence-corrected chi connectivity index (χ4v) is 5.01. The maximum atomic E-state index is 8.48. The maximum absolute atomic E-state index is 8.48. The first-order chi connectivity index (χ1) is 17.8. The molecule has 0 saturated carbocycles. The van der Waals surface area contributed by atoms with Crippen LogP contribution in [0.5, 0.6) is 0 Å². The highest BCUT2D eigenvalue weighted by atomic mass is 35.5. The summed E-state index contributed by atoms with van der Waals surface area (Å²) in [5.74, 6) is 0.611. The van der Waals surface area contributed by atoms with Gasteiger partial charge in [0.1, 0.15) is 0 Å². The second kappa shape index (κ2) is 7.83. The standard InChI is InChI=1S/C27H16ClN3S/c28-19-11-6-10-18(16-19)26-29-25(17-8-2-1-3-9-17)30-27(31-26)21-13-7-15-23-24(21)20-12-4-5-14-22(20)32-23/h1-16H/i1D,2D,3D,8D,9D. The van der Waals surface area contributed by atoms with E-state index in [1.54, 1.807) is 35.6 Å². The molecule has 0 saturated heterocycles. The minimum Gasteiger partial charge on any atom is -0.208 e. The lowest BCUT2D eigenvalue weighted by Gasteiger charge is -2.09. The van der Waals surface area contributed by atoms with Gasteiger partial charge in [0.2, 0.25) is 0 Å². The third-order valence-corrected chi connectivity index (χ3v) is 6.46. The van der Waals surface area contributed by atoms with Crippen molar-refractivity contribution in [3.05, 3.63) is 102 Å². The molecule has 32 heavy (non-hydrogen) atoms. The van der Waals surface area contributed by atoms with Gasteiger partial charge >= 0.3 is 0 Å². The Kier molecular flexibility index (Phi) is 3.54. The molecule has 0 spiro atoms. The number of nitrogens with zero attached hydrogens (tertiary/aromatic N) is 3. The van der Waals surface area contributed by atoms with Gasteiger partial charge in [-0.05, 0) is 24.3 Å². The van der Waals surface area contributed by atoms with Gasteiger partial charge in [0.05, 0.1) is 6.85 Å². The summed E-state index contributed by atoms with van der Waals surface area (Å²) >= 11 is 7.91. The molecule has 5 heteroatoms. The van der Waals surface area contributed by atoms with Crippen LogP contribution in [-0.2, 0) is 0 Å². The van der Waals surface area contributed by atoms with Gasteiger partial charge in [0.15, 0.2) is 17.5 Å². The van der Waals surface area contributed by atoms with Crippen LogP contribution < -0.4 is 0 Å². The molecule has 0 bridgehead atoms. The molecule has 2 heterocycles. The molecule has 0 atom stereocenters. The van der Waals surface area contributed by atoms with Crippen LogP contribution in [0.3, 0.4) is 0 Å². The highest BCUT2D eigenvalue weighted by molar-refractivity contribution is 7.25. The number of hydrogen-bond acceptors (Lipinski definition) is 4. The number of fused-ring (bicyclic) bond motifs is 3. The SMILES string of the molecule is [2H]c1c([2H])c([2H])c(-c2nc(-c3cccc(Cl)c3)nc(-c3cccc4sc5ccccc5c34)n2)c([2H])c1[2H]. The fourth-order valence-electron chi connectivity index (χ4n) is 3.69. The zero-order chi connectivity index (χ0) is 25.8. The summed E-state index contributed by atoms with van der Waals surface area (Å²) in [6, 6.07) is 18.9. The number of benzene rings is 4. The van der Waals surface area contributed by atoms with E-state index in [1.807, 2.05) is 36.4 Å². The van der Waals surface area contributed by atoms with Crippen molar-refractivity contribution >= 4 is 43.1 Å². The first-order valence-corrected chi connectivity index (χ1v) is 11.0. The van der Waals surface area contributed by atoms with Crippen LogP contribution in [0.25, 0.3) is 54.3 Å². The van der Waals surface area contributed by atoms with E-state index >= 15 is 0 Å². The lowest BCUT2D eigenvalue weighted by atomic mass is 10.1. The molecule has 0 N–H and O–H groups in total. The second-order valence-corrected chi connectivity index (χ2v) is 8.61. The predicted octanol–water partition coefficient (Wildman–Crippen LogP) is 7.89. The van der Waals surface area contributed by atoms with Gasteiger partial charge in [-0.25, -0.2) is 15.0 Å². The van der Waals surface area contributed by atoms with Crippen molar-refractivity contribution in [3.63, 3.8) is 0 Å². The monoisotopic (exact) mass is 454 g/mol. The molecule has 6 rings (SSSR count). The molecular formula is C27H16ClN3S. The summed E-state index contributed by atoms with van der Waals surface area (Å²) in [6.45, 7) is 0. The van der Waals surface area contributed by atoms with E-state index < -0.39 is 18.1 Å². The summed E-state index contributed by atoms with van der Waals surface area (Å²) < 4.78 is 43.4. The highest BCUT2D eigenvalue weighted by Crippen LogP contribution is 2.39. The summed E-state index contributed by atoms with van der Waals surface area (Å²) in [4.78, 5) is 14.0. The number of rotatable bonds is 3.